The van der Waals surface area contributed by atoms with E-state index >= 15 is 0 Å². The van der Waals surface area contributed by atoms with E-state index in [4.69, 9.17) is 0 Å². The van der Waals surface area contributed by atoms with Crippen LogP contribution in [0, 0.1) is 17.7 Å². The van der Waals surface area contributed by atoms with Crippen molar-refractivity contribution in [3.8, 4) is 11.1 Å². The minimum atomic E-state index is -0.529. The predicted octanol–water partition coefficient (Wildman–Crippen LogP) is 2.78. The lowest BCUT2D eigenvalue weighted by Crippen LogP contribution is -2.43. The number of aliphatic hydroxyl groups excluding tert-OH is 1. The number of nitrogens with zero attached hydrogens (tertiary/aromatic N) is 1. The molecule has 1 saturated heterocycles. The smallest absolute Gasteiger partial charge is 0.258 e. The van der Waals surface area contributed by atoms with Crippen LogP contribution in [0.2, 0.25) is 0 Å². The fourth-order valence-corrected chi connectivity index (χ4v) is 5.27. The molecule has 5 atom stereocenters. The molecule has 33 heavy (non-hydrogen) atoms. The van der Waals surface area contributed by atoms with E-state index < -0.39 is 17.8 Å². The molecule has 5 rings (SSSR count). The molecule has 7 heteroatoms. The van der Waals surface area contributed by atoms with E-state index in [9.17, 15) is 19.1 Å². The average Bonchev–Trinajstić information content (AvgIpc) is 3.13. The number of nitrogens with one attached hydrogen (secondary N) is 2. The van der Waals surface area contributed by atoms with Crippen LogP contribution in [0.1, 0.15) is 30.3 Å². The first-order valence-corrected chi connectivity index (χ1v) is 11.2. The molecule has 2 aliphatic heterocycles. The van der Waals surface area contributed by atoms with E-state index in [2.05, 4.69) is 10.6 Å². The Bertz CT molecular complexity index is 1240. The molecule has 0 unspecified atom stereocenters. The molecule has 170 valence electrons. The van der Waals surface area contributed by atoms with Crippen LogP contribution in [0.15, 0.2) is 71.5 Å². The van der Waals surface area contributed by atoms with Crippen molar-refractivity contribution in [3.63, 3.8) is 0 Å². The van der Waals surface area contributed by atoms with Gasteiger partial charge < -0.3 is 20.3 Å². The number of pyridine rings is 1. The quantitative estimate of drug-likeness (QED) is 0.562. The van der Waals surface area contributed by atoms with Crippen molar-refractivity contribution >= 4 is 5.91 Å². The minimum absolute atomic E-state index is 0.163. The zero-order valence-corrected chi connectivity index (χ0v) is 18.2. The van der Waals surface area contributed by atoms with Gasteiger partial charge in [-0.05, 0) is 30.7 Å². The fourth-order valence-electron chi connectivity index (χ4n) is 5.27. The van der Waals surface area contributed by atoms with Gasteiger partial charge in [-0.3, -0.25) is 9.59 Å². The first-order chi connectivity index (χ1) is 16.0. The third kappa shape index (κ3) is 3.67. The van der Waals surface area contributed by atoms with Crippen molar-refractivity contribution < 1.29 is 14.3 Å². The van der Waals surface area contributed by atoms with Crippen LogP contribution >= 0.6 is 0 Å². The number of hydrogen-bond donors (Lipinski definition) is 3. The number of aromatic nitrogens is 1. The standard InChI is InChI=1S/C26H26FN3O3/c1-15(16-7-3-2-4-8-16)28-25(32)23-19(14-31)21-13-30-22(24(23)29-21)12-11-18(26(30)33)17-9-5-6-10-20(17)27/h2-12,15,19,21,23-24,29,31H,13-14H2,1H3,(H,28,32)/t15-,19-,21-,23+,24+/m0/s1. The number of amides is 1. The van der Waals surface area contributed by atoms with E-state index in [0.29, 0.717) is 12.2 Å². The van der Waals surface area contributed by atoms with Gasteiger partial charge in [-0.25, -0.2) is 4.39 Å². The molecule has 1 aromatic heterocycles. The minimum Gasteiger partial charge on any atom is -0.396 e. The second kappa shape index (κ2) is 8.57. The van der Waals surface area contributed by atoms with Crippen LogP contribution in [0.5, 0.6) is 0 Å². The number of carbonyl (C=O) groups is 1. The van der Waals surface area contributed by atoms with Crippen molar-refractivity contribution in [2.45, 2.75) is 31.6 Å². The summed E-state index contributed by atoms with van der Waals surface area (Å²) in [5, 5.41) is 16.7. The van der Waals surface area contributed by atoms with Crippen molar-refractivity contribution in [2.24, 2.45) is 11.8 Å². The van der Waals surface area contributed by atoms with Crippen LogP contribution in [0.3, 0.4) is 0 Å². The summed E-state index contributed by atoms with van der Waals surface area (Å²) in [7, 11) is 0. The second-order valence-corrected chi connectivity index (χ2v) is 8.83. The van der Waals surface area contributed by atoms with E-state index in [1.54, 1.807) is 34.9 Å². The Morgan fingerprint density at radius 2 is 1.85 bits per heavy atom. The summed E-state index contributed by atoms with van der Waals surface area (Å²) in [5.74, 6) is -1.48. The highest BCUT2D eigenvalue weighted by atomic mass is 19.1. The molecule has 1 amide bonds. The van der Waals surface area contributed by atoms with Gasteiger partial charge in [0.15, 0.2) is 0 Å². The monoisotopic (exact) mass is 447 g/mol. The number of carbonyl (C=O) groups excluding carboxylic acids is 1. The summed E-state index contributed by atoms with van der Waals surface area (Å²) < 4.78 is 16.0. The molecule has 3 aromatic rings. The number of aliphatic hydroxyl groups is 1. The Balaban J connectivity index is 1.49. The summed E-state index contributed by atoms with van der Waals surface area (Å²) >= 11 is 0. The van der Waals surface area contributed by atoms with E-state index in [1.165, 1.54) is 6.07 Å². The highest BCUT2D eigenvalue weighted by Gasteiger charge is 2.51. The van der Waals surface area contributed by atoms with Gasteiger partial charge >= 0.3 is 0 Å². The highest BCUT2D eigenvalue weighted by Crippen LogP contribution is 2.41. The first-order valence-electron chi connectivity index (χ1n) is 11.2. The van der Waals surface area contributed by atoms with Crippen LogP contribution in [0.4, 0.5) is 4.39 Å². The van der Waals surface area contributed by atoms with Crippen molar-refractivity contribution in [2.75, 3.05) is 6.61 Å². The molecule has 2 aromatic carbocycles. The molecule has 6 nitrogen and oxygen atoms in total. The first kappa shape index (κ1) is 21.6. The van der Waals surface area contributed by atoms with Gasteiger partial charge in [0.05, 0.1) is 23.6 Å². The average molecular weight is 448 g/mol. The highest BCUT2D eigenvalue weighted by molar-refractivity contribution is 5.81. The third-order valence-corrected chi connectivity index (χ3v) is 6.97. The maximum absolute atomic E-state index is 14.4. The molecule has 2 aliphatic rings. The Labute approximate surface area is 191 Å². The summed E-state index contributed by atoms with van der Waals surface area (Å²) in [5.41, 5.74) is 1.93. The number of rotatable bonds is 5. The zero-order valence-electron chi connectivity index (χ0n) is 18.2. The Morgan fingerprint density at radius 1 is 1.12 bits per heavy atom. The van der Waals surface area contributed by atoms with Gasteiger partial charge in [0.25, 0.3) is 5.56 Å². The molecule has 3 heterocycles. The zero-order chi connectivity index (χ0) is 23.1. The van der Waals surface area contributed by atoms with Gasteiger partial charge in [-0.2, -0.15) is 0 Å². The summed E-state index contributed by atoms with van der Waals surface area (Å²) in [6, 6.07) is 18.5. The molecular weight excluding hydrogens is 421 g/mol. The summed E-state index contributed by atoms with van der Waals surface area (Å²) in [4.78, 5) is 26.7. The Kier molecular flexibility index (Phi) is 5.60. The molecule has 0 aliphatic carbocycles. The second-order valence-electron chi connectivity index (χ2n) is 8.83. The van der Waals surface area contributed by atoms with Gasteiger partial charge in [0.2, 0.25) is 5.91 Å². The Hall–Kier alpha value is -3.29. The molecule has 0 spiro atoms. The van der Waals surface area contributed by atoms with Crippen molar-refractivity contribution in [1.82, 2.24) is 15.2 Å². The number of fused-ring (bicyclic) bond motifs is 4. The number of hydrogen-bond acceptors (Lipinski definition) is 4. The topological polar surface area (TPSA) is 83.4 Å². The third-order valence-electron chi connectivity index (χ3n) is 6.97. The van der Waals surface area contributed by atoms with Gasteiger partial charge in [-0.1, -0.05) is 48.5 Å². The molecule has 3 N–H and O–H groups in total. The van der Waals surface area contributed by atoms with Crippen LogP contribution in [0.25, 0.3) is 11.1 Å². The molecule has 0 saturated carbocycles. The molecule has 0 radical (unpaired) electrons. The largest absolute Gasteiger partial charge is 0.396 e. The van der Waals surface area contributed by atoms with Gasteiger partial charge in [-0.15, -0.1) is 0 Å². The van der Waals surface area contributed by atoms with Crippen molar-refractivity contribution in [1.29, 1.82) is 0 Å². The predicted molar refractivity (Wildman–Crippen MR) is 123 cm³/mol. The summed E-state index contributed by atoms with van der Waals surface area (Å²) in [6.45, 7) is 2.07. The lowest BCUT2D eigenvalue weighted by molar-refractivity contribution is -0.127. The van der Waals surface area contributed by atoms with E-state index in [1.807, 2.05) is 37.3 Å². The van der Waals surface area contributed by atoms with Crippen LogP contribution in [-0.2, 0) is 11.3 Å². The van der Waals surface area contributed by atoms with Crippen molar-refractivity contribution in [3.05, 3.63) is 94.2 Å². The van der Waals surface area contributed by atoms with E-state index in [0.717, 1.165) is 5.56 Å². The number of benzene rings is 2. The molecule has 2 bridgehead atoms. The lowest BCUT2D eigenvalue weighted by atomic mass is 9.86. The van der Waals surface area contributed by atoms with Gasteiger partial charge in [0.1, 0.15) is 5.82 Å². The Morgan fingerprint density at radius 3 is 2.58 bits per heavy atom. The molecule has 1 fully saturated rings. The summed E-state index contributed by atoms with van der Waals surface area (Å²) in [6.07, 6.45) is 0. The van der Waals surface area contributed by atoms with Gasteiger partial charge in [0, 0.05) is 36.4 Å². The SMILES string of the molecule is C[C@H](NC(=O)[C@@H]1[C@@H](CO)[C@@H]2Cn3c(ccc(-c4ccccc4F)c3=O)[C@H]1N2)c1ccccc1. The van der Waals surface area contributed by atoms with E-state index in [-0.39, 0.29) is 47.2 Å². The fraction of sp³-hybridized carbons (Fsp3) is 0.308. The van der Waals surface area contributed by atoms with Crippen LogP contribution < -0.4 is 16.2 Å². The van der Waals surface area contributed by atoms with Crippen LogP contribution in [-0.4, -0.2) is 28.2 Å². The molecular formula is C26H26FN3O3. The normalized spacial score (nSPS) is 24.2. The maximum Gasteiger partial charge on any atom is 0.258 e. The number of halogens is 1. The maximum atomic E-state index is 14.4. The lowest BCUT2D eigenvalue weighted by Gasteiger charge is -2.28.